The highest BCUT2D eigenvalue weighted by atomic mass is 35.5. The van der Waals surface area contributed by atoms with Gasteiger partial charge in [-0.3, -0.25) is 4.90 Å². The maximum atomic E-state index is 10.3. The lowest BCUT2D eigenvalue weighted by Gasteiger charge is -2.40. The van der Waals surface area contributed by atoms with Crippen LogP contribution < -0.4 is 0 Å². The van der Waals surface area contributed by atoms with Crippen molar-refractivity contribution in [1.29, 1.82) is 0 Å². The molecule has 0 aromatic carbocycles. The van der Waals surface area contributed by atoms with Crippen molar-refractivity contribution < 1.29 is 9.84 Å². The largest absolute Gasteiger partial charge is 0.508 e. The molecule has 0 aromatic heterocycles. The number of hydrogen-bond donors (Lipinski definition) is 1. The van der Waals surface area contributed by atoms with Gasteiger partial charge in [-0.2, -0.15) is 11.8 Å². The average molecular weight is 384 g/mol. The SMILES string of the molecule is COC1=C(O)CC2=C(CCN(CC3SC4CCCCC4C3Cl)C2C)C1. The molecule has 2 aliphatic carbocycles. The summed E-state index contributed by atoms with van der Waals surface area (Å²) in [4.78, 5) is 2.61. The quantitative estimate of drug-likeness (QED) is 0.556. The first-order valence-electron chi connectivity index (χ1n) is 9.77. The van der Waals surface area contributed by atoms with Gasteiger partial charge in [-0.05, 0) is 37.7 Å². The third-order valence-electron chi connectivity index (χ3n) is 6.79. The zero-order chi connectivity index (χ0) is 17.6. The Morgan fingerprint density at radius 2 is 2.08 bits per heavy atom. The number of methoxy groups -OCH3 is 1. The zero-order valence-electron chi connectivity index (χ0n) is 15.3. The minimum atomic E-state index is 0.331. The highest BCUT2D eigenvalue weighted by Crippen LogP contribution is 2.49. The number of allylic oxidation sites excluding steroid dienone is 2. The van der Waals surface area contributed by atoms with E-state index < -0.39 is 0 Å². The van der Waals surface area contributed by atoms with Crippen LogP contribution in [-0.4, -0.2) is 52.1 Å². The number of halogens is 1. The van der Waals surface area contributed by atoms with E-state index in [9.17, 15) is 5.11 Å². The molecule has 5 unspecified atom stereocenters. The summed E-state index contributed by atoms with van der Waals surface area (Å²) < 4.78 is 5.35. The fourth-order valence-electron chi connectivity index (χ4n) is 5.25. The first-order chi connectivity index (χ1) is 12.1. The molecule has 0 amide bonds. The number of rotatable bonds is 3. The molecule has 5 heteroatoms. The molecular weight excluding hydrogens is 354 g/mol. The van der Waals surface area contributed by atoms with E-state index in [0.29, 0.717) is 28.8 Å². The molecule has 4 rings (SSSR count). The number of alkyl halides is 1. The summed E-state index contributed by atoms with van der Waals surface area (Å²) in [5, 5.41) is 11.9. The van der Waals surface area contributed by atoms with Crippen molar-refractivity contribution in [3.05, 3.63) is 22.7 Å². The van der Waals surface area contributed by atoms with Crippen LogP contribution in [0, 0.1) is 5.92 Å². The maximum absolute atomic E-state index is 10.3. The van der Waals surface area contributed by atoms with Gasteiger partial charge in [0.25, 0.3) is 0 Å². The van der Waals surface area contributed by atoms with Crippen molar-refractivity contribution in [3.8, 4) is 0 Å². The Labute approximate surface area is 160 Å². The number of nitrogens with zero attached hydrogens (tertiary/aromatic N) is 1. The summed E-state index contributed by atoms with van der Waals surface area (Å²) in [5.74, 6) is 1.91. The Bertz CT molecular complexity index is 590. The van der Waals surface area contributed by atoms with Crippen molar-refractivity contribution >= 4 is 23.4 Å². The van der Waals surface area contributed by atoms with Gasteiger partial charge in [-0.15, -0.1) is 11.6 Å². The summed E-state index contributed by atoms with van der Waals surface area (Å²) >= 11 is 9.06. The highest BCUT2D eigenvalue weighted by molar-refractivity contribution is 8.01. The lowest BCUT2D eigenvalue weighted by molar-refractivity contribution is 0.193. The maximum Gasteiger partial charge on any atom is 0.137 e. The van der Waals surface area contributed by atoms with Crippen LogP contribution in [0.2, 0.25) is 0 Å². The van der Waals surface area contributed by atoms with Gasteiger partial charge in [0, 0.05) is 42.5 Å². The third kappa shape index (κ3) is 3.35. The molecule has 2 heterocycles. The summed E-state index contributed by atoms with van der Waals surface area (Å²) in [6.45, 7) is 4.49. The predicted molar refractivity (Wildman–Crippen MR) is 105 cm³/mol. The predicted octanol–water partition coefficient (Wildman–Crippen LogP) is 4.87. The lowest BCUT2D eigenvalue weighted by atomic mass is 9.83. The number of fused-ring (bicyclic) bond motifs is 1. The molecule has 1 saturated carbocycles. The van der Waals surface area contributed by atoms with E-state index in [1.165, 1.54) is 36.8 Å². The van der Waals surface area contributed by atoms with E-state index >= 15 is 0 Å². The summed E-state index contributed by atoms with van der Waals surface area (Å²) in [7, 11) is 1.66. The number of thioether (sulfide) groups is 1. The monoisotopic (exact) mass is 383 g/mol. The fourth-order valence-corrected chi connectivity index (χ4v) is 7.78. The molecule has 140 valence electrons. The Kier molecular flexibility index (Phi) is 5.32. The fraction of sp³-hybridized carbons (Fsp3) is 0.800. The van der Waals surface area contributed by atoms with Crippen LogP contribution in [0.4, 0.5) is 0 Å². The molecule has 0 radical (unpaired) electrons. The van der Waals surface area contributed by atoms with Crippen molar-refractivity contribution in [2.24, 2.45) is 5.92 Å². The van der Waals surface area contributed by atoms with Crippen LogP contribution >= 0.6 is 23.4 Å². The van der Waals surface area contributed by atoms with Crippen molar-refractivity contribution in [3.63, 3.8) is 0 Å². The molecule has 4 aliphatic rings. The third-order valence-corrected chi connectivity index (χ3v) is 9.29. The Morgan fingerprint density at radius 3 is 2.84 bits per heavy atom. The molecule has 1 saturated heterocycles. The number of aliphatic hydroxyl groups is 1. The smallest absolute Gasteiger partial charge is 0.137 e. The van der Waals surface area contributed by atoms with E-state index in [-0.39, 0.29) is 0 Å². The van der Waals surface area contributed by atoms with Gasteiger partial charge < -0.3 is 9.84 Å². The molecule has 2 fully saturated rings. The summed E-state index contributed by atoms with van der Waals surface area (Å²) in [6.07, 6.45) is 7.97. The van der Waals surface area contributed by atoms with Crippen LogP contribution in [0.15, 0.2) is 22.7 Å². The van der Waals surface area contributed by atoms with Crippen molar-refractivity contribution in [2.75, 3.05) is 20.2 Å². The van der Waals surface area contributed by atoms with E-state index in [0.717, 1.165) is 42.9 Å². The molecule has 0 spiro atoms. The standard InChI is InChI=1S/C20H30ClNO2S/c1-12-15-10-16(23)17(24-2)9-13(15)7-8-22(12)11-19-20(21)14-5-3-4-6-18(14)25-19/h12,14,18-20,23H,3-11H2,1-2H3. The van der Waals surface area contributed by atoms with E-state index in [1.807, 2.05) is 0 Å². The van der Waals surface area contributed by atoms with Crippen molar-refractivity contribution in [1.82, 2.24) is 4.90 Å². The molecule has 0 bridgehead atoms. The van der Waals surface area contributed by atoms with E-state index in [1.54, 1.807) is 7.11 Å². The second-order valence-corrected chi connectivity index (χ2v) is 10.1. The topological polar surface area (TPSA) is 32.7 Å². The Hall–Kier alpha value is -0.320. The number of ether oxygens (including phenoxy) is 1. The van der Waals surface area contributed by atoms with Crippen LogP contribution in [0.5, 0.6) is 0 Å². The average Bonchev–Trinajstić information content (AvgIpc) is 2.94. The van der Waals surface area contributed by atoms with E-state index in [2.05, 4.69) is 23.6 Å². The van der Waals surface area contributed by atoms with E-state index in [4.69, 9.17) is 16.3 Å². The first kappa shape index (κ1) is 18.1. The molecule has 5 atom stereocenters. The molecule has 1 N–H and O–H groups in total. The van der Waals surface area contributed by atoms with Crippen LogP contribution in [-0.2, 0) is 4.74 Å². The highest BCUT2D eigenvalue weighted by Gasteiger charge is 2.45. The number of hydrogen-bond acceptors (Lipinski definition) is 4. The van der Waals surface area contributed by atoms with Gasteiger partial charge in [0.2, 0.25) is 0 Å². The van der Waals surface area contributed by atoms with Gasteiger partial charge in [0.15, 0.2) is 0 Å². The molecule has 3 nitrogen and oxygen atoms in total. The normalized spacial score (nSPS) is 39.4. The molecular formula is C20H30ClNO2S. The summed E-state index contributed by atoms with van der Waals surface area (Å²) in [5.41, 5.74) is 2.89. The van der Waals surface area contributed by atoms with Gasteiger partial charge in [-0.25, -0.2) is 0 Å². The Morgan fingerprint density at radius 1 is 1.28 bits per heavy atom. The van der Waals surface area contributed by atoms with Crippen molar-refractivity contribution in [2.45, 2.75) is 73.8 Å². The minimum absolute atomic E-state index is 0.331. The van der Waals surface area contributed by atoms with Gasteiger partial charge >= 0.3 is 0 Å². The van der Waals surface area contributed by atoms with Crippen LogP contribution in [0.25, 0.3) is 0 Å². The van der Waals surface area contributed by atoms with Crippen LogP contribution in [0.3, 0.4) is 0 Å². The molecule has 25 heavy (non-hydrogen) atoms. The Balaban J connectivity index is 1.43. The second kappa shape index (κ2) is 7.36. The van der Waals surface area contributed by atoms with Gasteiger partial charge in [0.1, 0.15) is 11.5 Å². The lowest BCUT2D eigenvalue weighted by Crippen LogP contribution is -2.45. The first-order valence-corrected chi connectivity index (χ1v) is 11.2. The van der Waals surface area contributed by atoms with Crippen LogP contribution in [0.1, 0.15) is 51.9 Å². The summed E-state index contributed by atoms with van der Waals surface area (Å²) in [6, 6.07) is 0.399. The minimum Gasteiger partial charge on any atom is -0.508 e. The van der Waals surface area contributed by atoms with Gasteiger partial charge in [-0.1, -0.05) is 18.4 Å². The molecule has 2 aliphatic heterocycles. The second-order valence-electron chi connectivity index (χ2n) is 8.08. The van der Waals surface area contributed by atoms with Gasteiger partial charge in [0.05, 0.1) is 12.5 Å². The molecule has 0 aromatic rings. The zero-order valence-corrected chi connectivity index (χ0v) is 16.9. The number of aliphatic hydroxyl groups excluding tert-OH is 1.